The Morgan fingerprint density at radius 2 is 0.945 bits per heavy atom. The molecule has 258 valence electrons. The third-order valence-electron chi connectivity index (χ3n) is 11.4. The van der Waals surface area contributed by atoms with Crippen molar-refractivity contribution in [3.8, 4) is 44.9 Å². The van der Waals surface area contributed by atoms with Gasteiger partial charge in [-0.05, 0) is 104 Å². The molecular weight excluding hydrogens is 669 g/mol. The van der Waals surface area contributed by atoms with E-state index < -0.39 is 5.41 Å². The third-order valence-corrected chi connectivity index (χ3v) is 11.4. The van der Waals surface area contributed by atoms with E-state index in [9.17, 15) is 0 Å². The van der Waals surface area contributed by atoms with Crippen LogP contribution >= 0.6 is 0 Å². The van der Waals surface area contributed by atoms with E-state index in [1.165, 1.54) is 21.9 Å². The quantitative estimate of drug-likeness (QED) is 0.178. The number of hydrogen-bond acceptors (Lipinski definition) is 2. The molecule has 9 aromatic carbocycles. The van der Waals surface area contributed by atoms with Gasteiger partial charge in [0.15, 0.2) is 0 Å². The van der Waals surface area contributed by atoms with Gasteiger partial charge >= 0.3 is 0 Å². The summed E-state index contributed by atoms with van der Waals surface area (Å²) in [5.74, 6) is 1.72. The Morgan fingerprint density at radius 1 is 0.345 bits per heavy atom. The molecule has 2 nitrogen and oxygen atoms in total. The first-order chi connectivity index (χ1) is 27.2. The number of hydrogen-bond donors (Lipinski definition) is 0. The van der Waals surface area contributed by atoms with Gasteiger partial charge in [0.25, 0.3) is 0 Å². The summed E-state index contributed by atoms with van der Waals surface area (Å²) in [4.78, 5) is 0. The summed E-state index contributed by atoms with van der Waals surface area (Å²) in [5, 5.41) is 4.61. The van der Waals surface area contributed by atoms with Crippen LogP contribution < -0.4 is 4.74 Å². The first-order valence-electron chi connectivity index (χ1n) is 18.8. The Morgan fingerprint density at radius 3 is 1.69 bits per heavy atom. The van der Waals surface area contributed by atoms with Crippen LogP contribution in [-0.2, 0) is 5.41 Å². The van der Waals surface area contributed by atoms with Gasteiger partial charge in [-0.3, -0.25) is 0 Å². The summed E-state index contributed by atoms with van der Waals surface area (Å²) in [6.45, 7) is 0. The second kappa shape index (κ2) is 12.5. The van der Waals surface area contributed by atoms with Crippen LogP contribution in [0.1, 0.15) is 22.3 Å². The van der Waals surface area contributed by atoms with Crippen molar-refractivity contribution in [1.82, 2.24) is 0 Å². The number of benzene rings is 9. The molecule has 0 radical (unpaired) electrons. The summed E-state index contributed by atoms with van der Waals surface area (Å²) >= 11 is 0. The van der Waals surface area contributed by atoms with E-state index in [-0.39, 0.29) is 0 Å². The number of para-hydroxylation sites is 1. The van der Waals surface area contributed by atoms with E-state index in [1.54, 1.807) is 0 Å². The molecule has 55 heavy (non-hydrogen) atoms. The molecule has 2 heterocycles. The van der Waals surface area contributed by atoms with Crippen molar-refractivity contribution < 1.29 is 9.15 Å². The fourth-order valence-electron chi connectivity index (χ4n) is 8.89. The lowest BCUT2D eigenvalue weighted by Crippen LogP contribution is -2.34. The predicted molar refractivity (Wildman–Crippen MR) is 226 cm³/mol. The summed E-state index contributed by atoms with van der Waals surface area (Å²) in [5.41, 5.74) is 12.6. The molecule has 0 spiro atoms. The summed E-state index contributed by atoms with van der Waals surface area (Å²) in [6, 6.07) is 73.9. The predicted octanol–water partition coefficient (Wildman–Crippen LogP) is 14.2. The van der Waals surface area contributed by atoms with E-state index in [4.69, 9.17) is 9.15 Å². The Kier molecular flexibility index (Phi) is 7.11. The molecule has 0 unspecified atom stereocenters. The van der Waals surface area contributed by atoms with Crippen molar-refractivity contribution in [3.05, 3.63) is 229 Å². The molecule has 0 N–H and O–H groups in total. The van der Waals surface area contributed by atoms with Gasteiger partial charge in [0.2, 0.25) is 0 Å². The van der Waals surface area contributed by atoms with Crippen LogP contribution in [0.15, 0.2) is 211 Å². The molecule has 0 amide bonds. The molecule has 1 aliphatic heterocycles. The van der Waals surface area contributed by atoms with Gasteiger partial charge in [-0.1, -0.05) is 158 Å². The molecule has 0 saturated heterocycles. The Balaban J connectivity index is 1.14. The Bertz CT molecular complexity index is 3010. The summed E-state index contributed by atoms with van der Waals surface area (Å²) < 4.78 is 13.4. The van der Waals surface area contributed by atoms with E-state index in [0.717, 1.165) is 77.9 Å². The fraction of sp³-hybridized carbons (Fsp3) is 0.0189. The highest BCUT2D eigenvalue weighted by atomic mass is 16.5. The van der Waals surface area contributed by atoms with Crippen molar-refractivity contribution in [2.75, 3.05) is 0 Å². The average Bonchev–Trinajstić information content (AvgIpc) is 3.63. The number of furan rings is 1. The smallest absolute Gasteiger partial charge is 0.136 e. The first kappa shape index (κ1) is 31.4. The molecule has 0 atom stereocenters. The van der Waals surface area contributed by atoms with Crippen molar-refractivity contribution in [2.45, 2.75) is 5.41 Å². The fourth-order valence-corrected chi connectivity index (χ4v) is 8.89. The summed E-state index contributed by atoms with van der Waals surface area (Å²) in [6.07, 6.45) is 0. The first-order valence-corrected chi connectivity index (χ1v) is 18.8. The van der Waals surface area contributed by atoms with Gasteiger partial charge < -0.3 is 9.15 Å². The Labute approximate surface area is 319 Å². The van der Waals surface area contributed by atoms with Crippen LogP contribution in [0.2, 0.25) is 0 Å². The largest absolute Gasteiger partial charge is 0.457 e. The molecule has 0 fully saturated rings. The maximum atomic E-state index is 6.89. The lowest BCUT2D eigenvalue weighted by Gasteiger charge is -2.41. The van der Waals surface area contributed by atoms with Crippen LogP contribution in [0.25, 0.3) is 66.1 Å². The molecule has 1 aliphatic rings. The molecule has 0 saturated carbocycles. The zero-order valence-electron chi connectivity index (χ0n) is 29.9. The highest BCUT2D eigenvalue weighted by Crippen LogP contribution is 2.56. The molecule has 0 bridgehead atoms. The van der Waals surface area contributed by atoms with Gasteiger partial charge in [0, 0.05) is 21.9 Å². The average molecular weight is 703 g/mol. The van der Waals surface area contributed by atoms with Crippen LogP contribution in [0.4, 0.5) is 0 Å². The normalized spacial score (nSPS) is 13.0. The van der Waals surface area contributed by atoms with Crippen LogP contribution in [-0.4, -0.2) is 0 Å². The highest BCUT2D eigenvalue weighted by molar-refractivity contribution is 6.15. The standard InChI is InChI=1S/C53H34O2/c1-4-15-35(16-5-1)39-29-40(31-41(30-39)44-23-14-26-49-52(44)45-32-36-17-10-11-18-37(36)33-50(45)55-49)38-27-28-47-51(34-38)54-48-25-13-12-24-46(48)53(47,42-19-6-2-7-20-42)43-21-8-3-9-22-43/h1-34H. The zero-order valence-corrected chi connectivity index (χ0v) is 29.9. The van der Waals surface area contributed by atoms with E-state index in [1.807, 2.05) is 0 Å². The molecular formula is C53H34O2. The molecule has 0 aliphatic carbocycles. The third kappa shape index (κ3) is 4.96. The van der Waals surface area contributed by atoms with Crippen LogP contribution in [0.5, 0.6) is 11.5 Å². The SMILES string of the molecule is c1ccc(-c2cc(-c3ccc4c(c3)Oc3ccccc3C4(c3ccccc3)c3ccccc3)cc(-c3cccc4oc5cc6ccccc6cc5c34)c2)cc1. The van der Waals surface area contributed by atoms with Gasteiger partial charge in [0.1, 0.15) is 22.7 Å². The van der Waals surface area contributed by atoms with Crippen molar-refractivity contribution in [3.63, 3.8) is 0 Å². The number of rotatable bonds is 5. The van der Waals surface area contributed by atoms with E-state index >= 15 is 0 Å². The topological polar surface area (TPSA) is 22.4 Å². The second-order valence-electron chi connectivity index (χ2n) is 14.4. The van der Waals surface area contributed by atoms with Crippen LogP contribution in [0, 0.1) is 0 Å². The minimum atomic E-state index is -0.565. The maximum absolute atomic E-state index is 6.89. The molecule has 11 rings (SSSR count). The highest BCUT2D eigenvalue weighted by Gasteiger charge is 2.45. The van der Waals surface area contributed by atoms with Crippen molar-refractivity contribution in [2.24, 2.45) is 0 Å². The van der Waals surface area contributed by atoms with Crippen LogP contribution in [0.3, 0.4) is 0 Å². The lowest BCUT2D eigenvalue weighted by atomic mass is 9.63. The zero-order chi connectivity index (χ0) is 36.3. The van der Waals surface area contributed by atoms with Gasteiger partial charge in [0.05, 0.1) is 5.41 Å². The number of fused-ring (bicyclic) bond motifs is 6. The Hall–Kier alpha value is -7.16. The second-order valence-corrected chi connectivity index (χ2v) is 14.4. The van der Waals surface area contributed by atoms with Gasteiger partial charge in [-0.15, -0.1) is 0 Å². The maximum Gasteiger partial charge on any atom is 0.136 e. The van der Waals surface area contributed by atoms with E-state index in [2.05, 4.69) is 206 Å². The van der Waals surface area contributed by atoms with E-state index in [0.29, 0.717) is 0 Å². The van der Waals surface area contributed by atoms with Crippen molar-refractivity contribution >= 4 is 32.7 Å². The lowest BCUT2D eigenvalue weighted by molar-refractivity contribution is 0.435. The molecule has 10 aromatic rings. The minimum absolute atomic E-state index is 0.565. The van der Waals surface area contributed by atoms with Gasteiger partial charge in [-0.25, -0.2) is 0 Å². The van der Waals surface area contributed by atoms with Crippen molar-refractivity contribution in [1.29, 1.82) is 0 Å². The monoisotopic (exact) mass is 702 g/mol. The molecule has 1 aromatic heterocycles. The summed E-state index contributed by atoms with van der Waals surface area (Å²) in [7, 11) is 0. The number of ether oxygens (including phenoxy) is 1. The van der Waals surface area contributed by atoms with Gasteiger partial charge in [-0.2, -0.15) is 0 Å². The minimum Gasteiger partial charge on any atom is -0.457 e. The molecule has 2 heteroatoms.